The Morgan fingerprint density at radius 2 is 1.43 bits per heavy atom. The van der Waals surface area contributed by atoms with Gasteiger partial charge in [-0.1, -0.05) is 84.9 Å². The molecule has 2 atom stereocenters. The van der Waals surface area contributed by atoms with Crippen molar-refractivity contribution in [2.45, 2.75) is 25.0 Å². The van der Waals surface area contributed by atoms with Crippen molar-refractivity contribution in [1.29, 1.82) is 0 Å². The van der Waals surface area contributed by atoms with Gasteiger partial charge in [-0.25, -0.2) is 0 Å². The average Bonchev–Trinajstić information content (AvgIpc) is 3.21. The highest BCUT2D eigenvalue weighted by molar-refractivity contribution is 5.80. The van der Waals surface area contributed by atoms with Crippen LogP contribution in [0.25, 0.3) is 22.4 Å². The van der Waals surface area contributed by atoms with Gasteiger partial charge in [0.05, 0.1) is 6.04 Å². The zero-order chi connectivity index (χ0) is 18.9. The number of aryl methyl sites for hydroxylation is 1. The van der Waals surface area contributed by atoms with E-state index in [4.69, 9.17) is 5.10 Å². The molecule has 0 saturated carbocycles. The Morgan fingerprint density at radius 3 is 2.18 bits per heavy atom. The van der Waals surface area contributed by atoms with Gasteiger partial charge < -0.3 is 5.11 Å². The summed E-state index contributed by atoms with van der Waals surface area (Å²) in [5.74, 6) is 0. The molecule has 0 spiro atoms. The van der Waals surface area contributed by atoms with Crippen LogP contribution < -0.4 is 0 Å². The topological polar surface area (TPSA) is 38.0 Å². The molecular formula is C25H22N2O. The maximum absolute atomic E-state index is 11.1. The minimum Gasteiger partial charge on any atom is -0.386 e. The maximum Gasteiger partial charge on any atom is 0.102 e. The van der Waals surface area contributed by atoms with Gasteiger partial charge in [0.1, 0.15) is 11.8 Å². The van der Waals surface area contributed by atoms with E-state index < -0.39 is 6.10 Å². The first-order chi connectivity index (χ1) is 13.8. The van der Waals surface area contributed by atoms with Crippen molar-refractivity contribution in [1.82, 2.24) is 9.78 Å². The van der Waals surface area contributed by atoms with Gasteiger partial charge in [0.15, 0.2) is 0 Å². The maximum atomic E-state index is 11.1. The predicted octanol–water partition coefficient (Wildman–Crippen LogP) is 5.44. The molecule has 0 amide bonds. The third-order valence-corrected chi connectivity index (χ3v) is 5.65. The summed E-state index contributed by atoms with van der Waals surface area (Å²) in [6.07, 6.45) is 3.39. The number of aromatic nitrogens is 2. The lowest BCUT2D eigenvalue weighted by Crippen LogP contribution is -2.24. The third-order valence-electron chi connectivity index (χ3n) is 5.65. The minimum absolute atomic E-state index is 0.0603. The number of hydrogen-bond acceptors (Lipinski definition) is 2. The number of aliphatic hydroxyl groups is 1. The highest BCUT2D eigenvalue weighted by atomic mass is 16.3. The second-order valence-corrected chi connectivity index (χ2v) is 7.35. The summed E-state index contributed by atoms with van der Waals surface area (Å²) >= 11 is 0. The summed E-state index contributed by atoms with van der Waals surface area (Å²) < 4.78 is 1.98. The van der Waals surface area contributed by atoms with Gasteiger partial charge in [-0.2, -0.15) is 5.10 Å². The number of rotatable bonds is 3. The van der Waals surface area contributed by atoms with Crippen molar-refractivity contribution in [3.05, 3.63) is 102 Å². The van der Waals surface area contributed by atoms with Gasteiger partial charge in [-0.3, -0.25) is 4.68 Å². The molecule has 5 rings (SSSR count). The van der Waals surface area contributed by atoms with Crippen molar-refractivity contribution >= 4 is 0 Å². The molecule has 0 radical (unpaired) electrons. The van der Waals surface area contributed by atoms with Crippen LogP contribution in [0.15, 0.2) is 91.1 Å². The van der Waals surface area contributed by atoms with E-state index >= 15 is 0 Å². The molecule has 3 aromatic carbocycles. The van der Waals surface area contributed by atoms with Crippen molar-refractivity contribution in [3.8, 4) is 22.4 Å². The second kappa shape index (κ2) is 7.10. The lowest BCUT2D eigenvalue weighted by molar-refractivity contribution is 0.0924. The van der Waals surface area contributed by atoms with Crippen LogP contribution in [-0.4, -0.2) is 14.9 Å². The molecule has 1 aliphatic carbocycles. The Hall–Kier alpha value is -3.17. The molecule has 28 heavy (non-hydrogen) atoms. The summed E-state index contributed by atoms with van der Waals surface area (Å²) in [5.41, 5.74) is 6.54. The summed E-state index contributed by atoms with van der Waals surface area (Å²) in [6, 6.07) is 28.7. The fourth-order valence-electron chi connectivity index (χ4n) is 4.20. The Bertz CT molecular complexity index is 1030. The van der Waals surface area contributed by atoms with Crippen LogP contribution in [0.5, 0.6) is 0 Å². The fraction of sp³-hybridized carbons (Fsp3) is 0.160. The Labute approximate surface area is 164 Å². The summed E-state index contributed by atoms with van der Waals surface area (Å²) in [5, 5.41) is 16.0. The van der Waals surface area contributed by atoms with Gasteiger partial charge in [0.2, 0.25) is 0 Å². The van der Waals surface area contributed by atoms with E-state index in [1.54, 1.807) is 0 Å². The van der Waals surface area contributed by atoms with Crippen LogP contribution in [0.2, 0.25) is 0 Å². The Morgan fingerprint density at radius 1 is 0.786 bits per heavy atom. The van der Waals surface area contributed by atoms with E-state index in [0.717, 1.165) is 40.8 Å². The van der Waals surface area contributed by atoms with Crippen molar-refractivity contribution in [3.63, 3.8) is 0 Å². The molecule has 1 heterocycles. The normalized spacial score (nSPS) is 18.6. The highest BCUT2D eigenvalue weighted by Crippen LogP contribution is 2.39. The number of fused-ring (bicyclic) bond motifs is 1. The van der Waals surface area contributed by atoms with Crippen molar-refractivity contribution in [2.75, 3.05) is 0 Å². The van der Waals surface area contributed by atoms with Gasteiger partial charge >= 0.3 is 0 Å². The van der Waals surface area contributed by atoms with E-state index in [1.807, 2.05) is 59.3 Å². The molecule has 4 aromatic rings. The molecule has 1 aromatic heterocycles. The van der Waals surface area contributed by atoms with Crippen LogP contribution >= 0.6 is 0 Å². The van der Waals surface area contributed by atoms with E-state index in [2.05, 4.69) is 36.5 Å². The number of aliphatic hydroxyl groups excluding tert-OH is 1. The Kier molecular flexibility index (Phi) is 4.30. The van der Waals surface area contributed by atoms with Gasteiger partial charge in [-0.05, 0) is 29.5 Å². The molecule has 3 heteroatoms. The molecule has 1 aliphatic rings. The average molecular weight is 366 g/mol. The van der Waals surface area contributed by atoms with Crippen LogP contribution in [-0.2, 0) is 6.42 Å². The first kappa shape index (κ1) is 17.0. The van der Waals surface area contributed by atoms with E-state index in [1.165, 1.54) is 5.56 Å². The van der Waals surface area contributed by atoms with E-state index in [0.29, 0.717) is 0 Å². The Balaban J connectivity index is 1.61. The smallest absolute Gasteiger partial charge is 0.102 e. The third kappa shape index (κ3) is 2.94. The SMILES string of the molecule is O[C@H]1c2ccccc2CC[C@H]1n1cc(-c2ccccc2)c(-c2ccccc2)n1. The van der Waals surface area contributed by atoms with Gasteiger partial charge in [-0.15, -0.1) is 0 Å². The molecular weight excluding hydrogens is 344 g/mol. The number of hydrogen-bond donors (Lipinski definition) is 1. The van der Waals surface area contributed by atoms with E-state index in [9.17, 15) is 5.11 Å². The van der Waals surface area contributed by atoms with Crippen LogP contribution in [0.1, 0.15) is 29.7 Å². The second-order valence-electron chi connectivity index (χ2n) is 7.35. The molecule has 0 bridgehead atoms. The summed E-state index contributed by atoms with van der Waals surface area (Å²) in [7, 11) is 0. The molecule has 138 valence electrons. The van der Waals surface area contributed by atoms with Crippen LogP contribution in [0.4, 0.5) is 0 Å². The lowest BCUT2D eigenvalue weighted by Gasteiger charge is -2.30. The largest absolute Gasteiger partial charge is 0.386 e. The minimum atomic E-state index is -0.544. The first-order valence-electron chi connectivity index (χ1n) is 9.77. The van der Waals surface area contributed by atoms with Crippen molar-refractivity contribution in [2.24, 2.45) is 0 Å². The van der Waals surface area contributed by atoms with E-state index in [-0.39, 0.29) is 6.04 Å². The number of nitrogens with zero attached hydrogens (tertiary/aromatic N) is 2. The molecule has 1 N–H and O–H groups in total. The first-order valence-corrected chi connectivity index (χ1v) is 9.77. The molecule has 0 aliphatic heterocycles. The summed E-state index contributed by atoms with van der Waals surface area (Å²) in [6.45, 7) is 0. The van der Waals surface area contributed by atoms with Crippen LogP contribution in [0.3, 0.4) is 0 Å². The fourth-order valence-corrected chi connectivity index (χ4v) is 4.20. The predicted molar refractivity (Wildman–Crippen MR) is 112 cm³/mol. The van der Waals surface area contributed by atoms with Crippen LogP contribution in [0, 0.1) is 0 Å². The standard InChI is InChI=1S/C25H22N2O/c28-25-21-14-8-7-11-19(21)15-16-23(25)27-17-22(18-9-3-1-4-10-18)24(26-27)20-12-5-2-6-13-20/h1-14,17,23,25,28H,15-16H2/t23-,25+/m1/s1. The lowest BCUT2D eigenvalue weighted by atomic mass is 9.86. The van der Waals surface area contributed by atoms with Gasteiger partial charge in [0.25, 0.3) is 0 Å². The monoisotopic (exact) mass is 366 g/mol. The highest BCUT2D eigenvalue weighted by Gasteiger charge is 2.30. The van der Waals surface area contributed by atoms with Gasteiger partial charge in [0, 0.05) is 17.3 Å². The zero-order valence-corrected chi connectivity index (χ0v) is 15.6. The summed E-state index contributed by atoms with van der Waals surface area (Å²) in [4.78, 5) is 0. The molecule has 0 unspecified atom stereocenters. The van der Waals surface area contributed by atoms with Crippen molar-refractivity contribution < 1.29 is 5.11 Å². The molecule has 0 saturated heterocycles. The quantitative estimate of drug-likeness (QED) is 0.524. The molecule has 3 nitrogen and oxygen atoms in total. The molecule has 0 fully saturated rings. The zero-order valence-electron chi connectivity index (χ0n) is 15.6. The number of benzene rings is 3.